The Hall–Kier alpha value is -3.02. The number of hydrogen-bond donors (Lipinski definition) is 2. The van der Waals surface area contributed by atoms with Crippen molar-refractivity contribution in [3.8, 4) is 0 Å². The summed E-state index contributed by atoms with van der Waals surface area (Å²) in [5.41, 5.74) is 1.49. The average Bonchev–Trinajstić information content (AvgIpc) is 2.60. The van der Waals surface area contributed by atoms with Gasteiger partial charge in [-0.1, -0.05) is 0 Å². The first kappa shape index (κ1) is 22.0. The van der Waals surface area contributed by atoms with Gasteiger partial charge in [0.25, 0.3) is 0 Å². The van der Waals surface area contributed by atoms with Crippen molar-refractivity contribution in [2.24, 2.45) is 0 Å². The molecule has 0 fully saturated rings. The monoisotopic (exact) mass is 378 g/mol. The third-order valence-corrected chi connectivity index (χ3v) is 3.58. The Morgan fingerprint density at radius 1 is 1.00 bits per heavy atom. The third-order valence-electron chi connectivity index (χ3n) is 3.58. The number of nitrogens with one attached hydrogen (secondary N) is 1. The number of nitrogens with zero attached hydrogens (tertiary/aromatic N) is 5. The second-order valence-corrected chi connectivity index (χ2v) is 5.72. The lowest BCUT2D eigenvalue weighted by Crippen LogP contribution is -3.14. The van der Waals surface area contributed by atoms with E-state index in [0.717, 1.165) is 11.4 Å². The van der Waals surface area contributed by atoms with E-state index in [9.17, 15) is 14.7 Å². The number of hydrogen-bond acceptors (Lipinski definition) is 8. The fraction of sp³-hybridized carbons (Fsp3) is 0.375. The van der Waals surface area contributed by atoms with E-state index in [2.05, 4.69) is 19.9 Å². The molecule has 0 saturated heterocycles. The maximum absolute atomic E-state index is 10.9. The van der Waals surface area contributed by atoms with Gasteiger partial charge < -0.3 is 25.4 Å². The van der Waals surface area contributed by atoms with Gasteiger partial charge in [-0.25, -0.2) is 4.79 Å². The molecule has 11 nitrogen and oxygen atoms in total. The lowest BCUT2D eigenvalue weighted by molar-refractivity contribution is -0.886. The number of quaternary nitrogens is 1. The zero-order chi connectivity index (χ0) is 18.8. The summed E-state index contributed by atoms with van der Waals surface area (Å²) in [5.74, 6) is -2.34. The predicted molar refractivity (Wildman–Crippen MR) is 90.0 cm³/mol. The number of aliphatic carboxylic acids is 2. The van der Waals surface area contributed by atoms with Gasteiger partial charge in [-0.15, -0.1) is 0 Å². The van der Waals surface area contributed by atoms with Crippen molar-refractivity contribution < 1.29 is 30.2 Å². The van der Waals surface area contributed by atoms with Gasteiger partial charge in [-0.05, 0) is 0 Å². The van der Waals surface area contributed by atoms with Crippen LogP contribution in [0.25, 0.3) is 0 Å². The quantitative estimate of drug-likeness (QED) is 0.398. The Labute approximate surface area is 155 Å². The summed E-state index contributed by atoms with van der Waals surface area (Å²) in [7, 11) is 0. The Morgan fingerprint density at radius 3 is 1.96 bits per heavy atom. The number of carboxylic acid groups (broad SMARTS) is 2. The minimum absolute atomic E-state index is 0. The van der Waals surface area contributed by atoms with Crippen molar-refractivity contribution in [2.45, 2.75) is 13.1 Å². The van der Waals surface area contributed by atoms with Crippen LogP contribution in [0.3, 0.4) is 0 Å². The summed E-state index contributed by atoms with van der Waals surface area (Å²) in [5, 5.41) is 19.8. The summed E-state index contributed by atoms with van der Waals surface area (Å²) in [6.45, 7) is 1.05. The van der Waals surface area contributed by atoms with Gasteiger partial charge in [0.1, 0.15) is 6.54 Å². The van der Waals surface area contributed by atoms with Crippen molar-refractivity contribution >= 4 is 11.9 Å². The molecule has 1 unspecified atom stereocenters. The fourth-order valence-corrected chi connectivity index (χ4v) is 2.47. The molecule has 2 aromatic heterocycles. The molecule has 0 aliphatic carbocycles. The molecule has 2 rings (SSSR count). The first-order chi connectivity index (χ1) is 12.5. The maximum Gasteiger partial charge on any atom is 0.359 e. The van der Waals surface area contributed by atoms with E-state index in [-0.39, 0.29) is 18.6 Å². The van der Waals surface area contributed by atoms with Gasteiger partial charge in [0.2, 0.25) is 0 Å². The molecule has 0 aliphatic rings. The maximum atomic E-state index is 10.9. The summed E-state index contributed by atoms with van der Waals surface area (Å²) >= 11 is 0. The second kappa shape index (κ2) is 11.6. The van der Waals surface area contributed by atoms with E-state index in [1.807, 2.05) is 4.90 Å². The first-order valence-electron chi connectivity index (χ1n) is 8.00. The van der Waals surface area contributed by atoms with Crippen LogP contribution >= 0.6 is 0 Å². The van der Waals surface area contributed by atoms with Crippen LogP contribution in [-0.4, -0.2) is 73.5 Å². The normalized spacial score (nSPS) is 11.6. The molecule has 146 valence electrons. The molecule has 0 aliphatic heterocycles. The zero-order valence-corrected chi connectivity index (χ0v) is 14.6. The Balaban J connectivity index is 0.00000364. The molecular formula is C16H22N6O5. The molecule has 2 aromatic rings. The van der Waals surface area contributed by atoms with Gasteiger partial charge in [-0.2, -0.15) is 0 Å². The van der Waals surface area contributed by atoms with Crippen LogP contribution in [0.2, 0.25) is 0 Å². The molecule has 27 heavy (non-hydrogen) atoms. The largest absolute Gasteiger partial charge is 0.544 e. The first-order valence-corrected chi connectivity index (χ1v) is 8.00. The molecule has 0 saturated carbocycles. The average molecular weight is 378 g/mol. The lowest BCUT2D eigenvalue weighted by atomic mass is 10.3. The van der Waals surface area contributed by atoms with Crippen molar-refractivity contribution in [1.82, 2.24) is 24.8 Å². The third kappa shape index (κ3) is 8.76. The van der Waals surface area contributed by atoms with Crippen LogP contribution in [0, 0.1) is 0 Å². The highest BCUT2D eigenvalue weighted by atomic mass is 16.4. The van der Waals surface area contributed by atoms with Crippen molar-refractivity contribution in [2.75, 3.05) is 26.2 Å². The van der Waals surface area contributed by atoms with Gasteiger partial charge in [0, 0.05) is 56.8 Å². The number of carbonyl (C=O) groups is 2. The summed E-state index contributed by atoms with van der Waals surface area (Å²) < 4.78 is 0. The second-order valence-electron chi connectivity index (χ2n) is 5.72. The van der Waals surface area contributed by atoms with E-state index >= 15 is 0 Å². The van der Waals surface area contributed by atoms with Crippen LogP contribution in [-0.2, 0) is 22.7 Å². The summed E-state index contributed by atoms with van der Waals surface area (Å²) in [6, 6.07) is 0. The van der Waals surface area contributed by atoms with Gasteiger partial charge in [0.15, 0.2) is 6.54 Å². The fourth-order valence-electron chi connectivity index (χ4n) is 2.47. The minimum Gasteiger partial charge on any atom is -0.544 e. The Kier molecular flexibility index (Phi) is 9.43. The number of carbonyl (C=O) groups excluding carboxylic acids is 1. The highest BCUT2D eigenvalue weighted by molar-refractivity contribution is 5.69. The van der Waals surface area contributed by atoms with Crippen LogP contribution in [0.4, 0.5) is 0 Å². The number of aromatic nitrogens is 4. The van der Waals surface area contributed by atoms with Crippen molar-refractivity contribution in [3.05, 3.63) is 48.6 Å². The van der Waals surface area contributed by atoms with Gasteiger partial charge >= 0.3 is 5.97 Å². The predicted octanol–water partition coefficient (Wildman–Crippen LogP) is -3.84. The zero-order valence-electron chi connectivity index (χ0n) is 14.6. The lowest BCUT2D eigenvalue weighted by Gasteiger charge is -2.24. The molecule has 0 radical (unpaired) electrons. The molecule has 4 N–H and O–H groups in total. The Morgan fingerprint density at radius 2 is 1.56 bits per heavy atom. The Bertz CT molecular complexity index is 645. The molecule has 2 heterocycles. The molecule has 0 amide bonds. The molecule has 11 heteroatoms. The van der Waals surface area contributed by atoms with Gasteiger partial charge in [0.05, 0.1) is 23.9 Å². The smallest absolute Gasteiger partial charge is 0.359 e. The van der Waals surface area contributed by atoms with E-state index in [1.165, 1.54) is 0 Å². The highest BCUT2D eigenvalue weighted by Crippen LogP contribution is 2.04. The molecular weight excluding hydrogens is 356 g/mol. The molecule has 0 bridgehead atoms. The topological polar surface area (TPSA) is 168 Å². The highest BCUT2D eigenvalue weighted by Gasteiger charge is 2.17. The van der Waals surface area contributed by atoms with E-state index < -0.39 is 11.9 Å². The number of rotatable bonds is 11. The van der Waals surface area contributed by atoms with Crippen molar-refractivity contribution in [3.63, 3.8) is 0 Å². The summed E-state index contributed by atoms with van der Waals surface area (Å²) in [6.07, 6.45) is 9.63. The molecule has 0 aromatic carbocycles. The van der Waals surface area contributed by atoms with E-state index in [4.69, 9.17) is 5.11 Å². The van der Waals surface area contributed by atoms with Crippen LogP contribution in [0.1, 0.15) is 11.4 Å². The minimum atomic E-state index is -1.28. The van der Waals surface area contributed by atoms with Crippen LogP contribution in [0.5, 0.6) is 0 Å². The van der Waals surface area contributed by atoms with Crippen LogP contribution < -0.4 is 10.0 Å². The van der Waals surface area contributed by atoms with E-state index in [0.29, 0.717) is 31.1 Å². The van der Waals surface area contributed by atoms with Gasteiger partial charge in [-0.3, -0.25) is 24.8 Å². The van der Waals surface area contributed by atoms with Crippen LogP contribution in [0.15, 0.2) is 37.2 Å². The number of carboxylic acids is 2. The standard InChI is InChI=1S/C16H20N6O4.H2O/c23-15(24)11-22(12-16(25)26)6-5-21(9-13-7-17-1-3-19-13)10-14-8-18-2-4-20-14;/h1-4,7-8H,5-6,9-12H2,(H,23,24)(H,25,26);1H2. The summed E-state index contributed by atoms with van der Waals surface area (Å²) in [4.78, 5) is 40.7. The SMILES string of the molecule is O.O=C([O-])C[NH+](CCN(Cc1cnccn1)Cc1cnccn1)CC(=O)O. The molecule has 1 atom stereocenters. The molecule has 0 spiro atoms. The van der Waals surface area contributed by atoms with Crippen molar-refractivity contribution in [1.29, 1.82) is 0 Å². The van der Waals surface area contributed by atoms with E-state index in [1.54, 1.807) is 37.2 Å².